The second-order valence-electron chi connectivity index (χ2n) is 8.97. The van der Waals surface area contributed by atoms with Crippen molar-refractivity contribution in [2.75, 3.05) is 38.2 Å². The summed E-state index contributed by atoms with van der Waals surface area (Å²) in [5.74, 6) is 0.782. The summed E-state index contributed by atoms with van der Waals surface area (Å²) in [6.45, 7) is 11.0. The molecule has 1 aliphatic heterocycles. The van der Waals surface area contributed by atoms with Crippen LogP contribution in [-0.2, 0) is 9.53 Å². The minimum absolute atomic E-state index is 0.0665. The second-order valence-corrected chi connectivity index (χ2v) is 8.97. The largest absolute Gasteiger partial charge is 0.494 e. The van der Waals surface area contributed by atoms with E-state index >= 15 is 0 Å². The van der Waals surface area contributed by atoms with Crippen molar-refractivity contribution in [2.24, 2.45) is 0 Å². The summed E-state index contributed by atoms with van der Waals surface area (Å²) >= 11 is 0. The number of carbonyl (C=O) groups excluding carboxylic acids is 1. The number of benzene rings is 1. The molecule has 1 atom stereocenters. The Bertz CT molecular complexity index is 612. The highest BCUT2D eigenvalue weighted by molar-refractivity contribution is 5.97. The molecule has 0 saturated carbocycles. The Morgan fingerprint density at radius 2 is 1.68 bits per heavy atom. The Labute approximate surface area is 189 Å². The molecule has 0 spiro atoms. The summed E-state index contributed by atoms with van der Waals surface area (Å²) in [5.41, 5.74) is -0.00281. The molecule has 0 aromatic heterocycles. The van der Waals surface area contributed by atoms with Crippen molar-refractivity contribution in [2.45, 2.75) is 90.6 Å². The van der Waals surface area contributed by atoms with E-state index in [4.69, 9.17) is 9.47 Å². The topological polar surface area (TPSA) is 50.8 Å². The minimum Gasteiger partial charge on any atom is -0.494 e. The van der Waals surface area contributed by atoms with Crippen molar-refractivity contribution in [3.8, 4) is 5.75 Å². The zero-order chi connectivity index (χ0) is 22.4. The van der Waals surface area contributed by atoms with Crippen LogP contribution in [0.2, 0.25) is 0 Å². The molecule has 0 unspecified atom stereocenters. The first kappa shape index (κ1) is 25.7. The van der Waals surface area contributed by atoms with Gasteiger partial charge in [0, 0.05) is 18.8 Å². The number of ether oxygens (including phenoxy) is 2. The van der Waals surface area contributed by atoms with Gasteiger partial charge in [0.25, 0.3) is 5.91 Å². The average molecular weight is 433 g/mol. The molecule has 176 valence electrons. The van der Waals surface area contributed by atoms with Gasteiger partial charge in [0.2, 0.25) is 0 Å². The molecule has 1 aliphatic rings. The normalized spacial score (nSPS) is 17.0. The molecular weight excluding hydrogens is 388 g/mol. The van der Waals surface area contributed by atoms with Crippen LogP contribution in [0.25, 0.3) is 0 Å². The number of unbranched alkanes of at least 4 members (excludes halogenated alkanes) is 2. The van der Waals surface area contributed by atoms with Crippen LogP contribution in [0.15, 0.2) is 24.3 Å². The lowest BCUT2D eigenvalue weighted by Crippen LogP contribution is -2.43. The maximum absolute atomic E-state index is 12.9. The smallest absolute Gasteiger partial charge is 0.256 e. The van der Waals surface area contributed by atoms with Gasteiger partial charge in [-0.2, -0.15) is 0 Å². The summed E-state index contributed by atoms with van der Waals surface area (Å²) in [6.07, 6.45) is 11.3. The van der Waals surface area contributed by atoms with Crippen LogP contribution in [0.4, 0.5) is 5.69 Å². The molecule has 5 heteroatoms. The van der Waals surface area contributed by atoms with E-state index in [1.807, 2.05) is 31.2 Å². The highest BCUT2D eigenvalue weighted by atomic mass is 16.5. The van der Waals surface area contributed by atoms with Crippen molar-refractivity contribution in [1.29, 1.82) is 0 Å². The fraction of sp³-hybridized carbons (Fsp3) is 0.731. The Balaban J connectivity index is 1.77. The Morgan fingerprint density at radius 3 is 2.32 bits per heavy atom. The lowest BCUT2D eigenvalue weighted by Gasteiger charge is -2.28. The summed E-state index contributed by atoms with van der Waals surface area (Å²) < 4.78 is 11.9. The number of nitrogens with zero attached hydrogens (tertiary/aromatic N) is 1. The van der Waals surface area contributed by atoms with E-state index in [2.05, 4.69) is 24.1 Å². The Hall–Kier alpha value is -1.59. The monoisotopic (exact) mass is 432 g/mol. The van der Waals surface area contributed by atoms with E-state index in [1.165, 1.54) is 38.8 Å². The fourth-order valence-corrected chi connectivity index (χ4v) is 4.03. The zero-order valence-corrected chi connectivity index (χ0v) is 20.1. The molecule has 1 N–H and O–H groups in total. The van der Waals surface area contributed by atoms with E-state index < -0.39 is 5.60 Å². The molecule has 1 fully saturated rings. The lowest BCUT2D eigenvalue weighted by molar-refractivity contribution is -0.140. The van der Waals surface area contributed by atoms with Gasteiger partial charge in [-0.05, 0) is 76.4 Å². The summed E-state index contributed by atoms with van der Waals surface area (Å²) in [7, 11) is 0. The molecule has 31 heavy (non-hydrogen) atoms. The predicted octanol–water partition coefficient (Wildman–Crippen LogP) is 6.04. The number of hydrogen-bond acceptors (Lipinski definition) is 4. The summed E-state index contributed by atoms with van der Waals surface area (Å²) in [6, 6.07) is 7.69. The van der Waals surface area contributed by atoms with Crippen molar-refractivity contribution in [1.82, 2.24) is 4.90 Å². The van der Waals surface area contributed by atoms with Crippen molar-refractivity contribution in [3.63, 3.8) is 0 Å². The molecule has 1 aromatic rings. The van der Waals surface area contributed by atoms with E-state index in [0.29, 0.717) is 6.61 Å². The van der Waals surface area contributed by atoms with Crippen LogP contribution in [0, 0.1) is 0 Å². The van der Waals surface area contributed by atoms with E-state index in [-0.39, 0.29) is 5.91 Å². The van der Waals surface area contributed by atoms with E-state index in [0.717, 1.165) is 63.1 Å². The van der Waals surface area contributed by atoms with Gasteiger partial charge in [-0.1, -0.05) is 46.0 Å². The molecule has 0 aliphatic carbocycles. The third-order valence-corrected chi connectivity index (χ3v) is 6.06. The lowest BCUT2D eigenvalue weighted by atomic mass is 9.96. The van der Waals surface area contributed by atoms with Crippen LogP contribution >= 0.6 is 0 Å². The highest BCUT2D eigenvalue weighted by Crippen LogP contribution is 2.24. The minimum atomic E-state index is -0.784. The van der Waals surface area contributed by atoms with Crippen LogP contribution in [0.3, 0.4) is 0 Å². The molecule has 0 radical (unpaired) electrons. The van der Waals surface area contributed by atoms with E-state index in [1.54, 1.807) is 0 Å². The van der Waals surface area contributed by atoms with Gasteiger partial charge in [0.1, 0.15) is 11.4 Å². The standard InChI is InChI=1S/C26H44N2O3/c1-4-6-9-17-26(3,31-21-5-2)25(29)27-23-13-15-24(16-14-23)30-22-12-20-28-18-10-7-8-11-19-28/h13-16H,4-12,17-22H2,1-3H3,(H,27,29)/t26-/m1/s1. The number of hydrogen-bond donors (Lipinski definition) is 1. The van der Waals surface area contributed by atoms with Crippen LogP contribution < -0.4 is 10.1 Å². The maximum atomic E-state index is 12.9. The third kappa shape index (κ3) is 9.61. The van der Waals surface area contributed by atoms with Gasteiger partial charge in [-0.15, -0.1) is 0 Å². The zero-order valence-electron chi connectivity index (χ0n) is 20.1. The van der Waals surface area contributed by atoms with Crippen molar-refractivity contribution < 1.29 is 14.3 Å². The number of likely N-dealkylation sites (tertiary alicyclic amines) is 1. The van der Waals surface area contributed by atoms with Crippen LogP contribution in [-0.4, -0.2) is 49.3 Å². The third-order valence-electron chi connectivity index (χ3n) is 6.06. The molecule has 1 aromatic carbocycles. The summed E-state index contributed by atoms with van der Waals surface area (Å²) in [5, 5.41) is 3.04. The first-order chi connectivity index (χ1) is 15.1. The Kier molecular flexibility index (Phi) is 12.0. The predicted molar refractivity (Wildman–Crippen MR) is 129 cm³/mol. The first-order valence-corrected chi connectivity index (χ1v) is 12.5. The number of carbonyl (C=O) groups is 1. The van der Waals surface area contributed by atoms with Gasteiger partial charge in [0.05, 0.1) is 6.61 Å². The van der Waals surface area contributed by atoms with Crippen LogP contribution in [0.5, 0.6) is 5.75 Å². The molecule has 1 saturated heterocycles. The SMILES string of the molecule is CCCCC[C@@](C)(OCCC)C(=O)Nc1ccc(OCCCN2CCCCCC2)cc1. The summed E-state index contributed by atoms with van der Waals surface area (Å²) in [4.78, 5) is 15.5. The van der Waals surface area contributed by atoms with E-state index in [9.17, 15) is 4.79 Å². The van der Waals surface area contributed by atoms with Gasteiger partial charge < -0.3 is 19.7 Å². The van der Waals surface area contributed by atoms with Crippen LogP contribution in [0.1, 0.15) is 85.0 Å². The second kappa shape index (κ2) is 14.5. The molecule has 5 nitrogen and oxygen atoms in total. The van der Waals surface area contributed by atoms with Crippen molar-refractivity contribution >= 4 is 11.6 Å². The van der Waals surface area contributed by atoms with Crippen molar-refractivity contribution in [3.05, 3.63) is 24.3 Å². The fourth-order valence-electron chi connectivity index (χ4n) is 4.03. The molecule has 1 amide bonds. The first-order valence-electron chi connectivity index (χ1n) is 12.5. The molecule has 0 bridgehead atoms. The maximum Gasteiger partial charge on any atom is 0.256 e. The number of rotatable bonds is 14. The van der Waals surface area contributed by atoms with Gasteiger partial charge in [-0.25, -0.2) is 0 Å². The molecular formula is C26H44N2O3. The highest BCUT2D eigenvalue weighted by Gasteiger charge is 2.33. The number of amides is 1. The van der Waals surface area contributed by atoms with Gasteiger partial charge >= 0.3 is 0 Å². The Morgan fingerprint density at radius 1 is 0.968 bits per heavy atom. The quantitative estimate of drug-likeness (QED) is 0.364. The average Bonchev–Trinajstić information content (AvgIpc) is 3.05. The number of anilines is 1. The molecule has 1 heterocycles. The molecule has 2 rings (SSSR count). The number of nitrogens with one attached hydrogen (secondary N) is 1. The van der Waals surface area contributed by atoms with Gasteiger partial charge in [-0.3, -0.25) is 4.79 Å². The van der Waals surface area contributed by atoms with Gasteiger partial charge in [0.15, 0.2) is 0 Å².